The zero-order chi connectivity index (χ0) is 22.3. The molecule has 0 spiro atoms. The summed E-state index contributed by atoms with van der Waals surface area (Å²) in [5, 5.41) is 7.01. The highest BCUT2D eigenvalue weighted by Crippen LogP contribution is 2.22. The number of ether oxygens (including phenoxy) is 1. The molecule has 0 aliphatic carbocycles. The van der Waals surface area contributed by atoms with Crippen LogP contribution in [0, 0.1) is 5.92 Å². The second-order valence-corrected chi connectivity index (χ2v) is 7.72. The smallest absolute Gasteiger partial charge is 0.338 e. The molecule has 1 aromatic heterocycles. The van der Waals surface area contributed by atoms with Crippen LogP contribution in [0.2, 0.25) is 0 Å². The van der Waals surface area contributed by atoms with E-state index in [0.29, 0.717) is 36.1 Å². The Kier molecular flexibility index (Phi) is 6.91. The van der Waals surface area contributed by atoms with E-state index in [9.17, 15) is 9.59 Å². The van der Waals surface area contributed by atoms with Gasteiger partial charge in [0.2, 0.25) is 17.6 Å². The molecule has 2 aromatic carbocycles. The van der Waals surface area contributed by atoms with Gasteiger partial charge < -0.3 is 14.6 Å². The Hall–Kier alpha value is -3.52. The maximum absolute atomic E-state index is 12.7. The molecule has 0 atom stereocenters. The van der Waals surface area contributed by atoms with Crippen molar-refractivity contribution in [3.05, 3.63) is 66.1 Å². The highest BCUT2D eigenvalue weighted by atomic mass is 16.5. The monoisotopic (exact) mass is 434 g/mol. The number of nitrogens with one attached hydrogen (secondary N) is 1. The Morgan fingerprint density at radius 3 is 2.50 bits per heavy atom. The quantitative estimate of drug-likeness (QED) is 0.565. The molecule has 1 N–H and O–H groups in total. The van der Waals surface area contributed by atoms with Crippen molar-refractivity contribution in [3.63, 3.8) is 0 Å². The molecule has 0 bridgehead atoms. The van der Waals surface area contributed by atoms with E-state index in [-0.39, 0.29) is 17.8 Å². The van der Waals surface area contributed by atoms with Gasteiger partial charge in [-0.2, -0.15) is 4.98 Å². The van der Waals surface area contributed by atoms with E-state index in [1.54, 1.807) is 31.2 Å². The van der Waals surface area contributed by atoms with Crippen LogP contribution in [0.5, 0.6) is 0 Å². The maximum atomic E-state index is 12.7. The molecule has 1 fully saturated rings. The first-order chi connectivity index (χ1) is 15.6. The summed E-state index contributed by atoms with van der Waals surface area (Å²) < 4.78 is 10.4. The molecule has 1 aliphatic rings. The zero-order valence-electron chi connectivity index (χ0n) is 18.0. The third kappa shape index (κ3) is 5.39. The van der Waals surface area contributed by atoms with Crippen molar-refractivity contribution in [2.45, 2.75) is 26.3 Å². The van der Waals surface area contributed by atoms with E-state index in [2.05, 4.69) is 20.4 Å². The summed E-state index contributed by atoms with van der Waals surface area (Å²) in [5.74, 6) is 0.739. The Labute approximate surface area is 186 Å². The number of piperidine rings is 1. The molecular formula is C24H26N4O4. The number of carbonyl (C=O) groups excluding carboxylic acids is 2. The number of benzene rings is 2. The lowest BCUT2D eigenvalue weighted by Crippen LogP contribution is -2.37. The Bertz CT molecular complexity index is 1040. The highest BCUT2D eigenvalue weighted by Gasteiger charge is 2.26. The topological polar surface area (TPSA) is 97.6 Å². The van der Waals surface area contributed by atoms with Crippen LogP contribution in [0.3, 0.4) is 0 Å². The number of hydrogen-bond acceptors (Lipinski definition) is 7. The summed E-state index contributed by atoms with van der Waals surface area (Å²) in [4.78, 5) is 31.1. The molecule has 2 heterocycles. The minimum Gasteiger partial charge on any atom is -0.462 e. The van der Waals surface area contributed by atoms with Crippen LogP contribution in [0.15, 0.2) is 59.1 Å². The predicted octanol–water partition coefficient (Wildman–Crippen LogP) is 3.76. The van der Waals surface area contributed by atoms with Crippen LogP contribution >= 0.6 is 0 Å². The van der Waals surface area contributed by atoms with Crippen molar-refractivity contribution in [2.75, 3.05) is 25.0 Å². The van der Waals surface area contributed by atoms with Gasteiger partial charge in [-0.05, 0) is 57.1 Å². The van der Waals surface area contributed by atoms with E-state index in [4.69, 9.17) is 9.26 Å². The number of amides is 1. The Morgan fingerprint density at radius 1 is 1.09 bits per heavy atom. The van der Waals surface area contributed by atoms with Gasteiger partial charge >= 0.3 is 5.97 Å². The van der Waals surface area contributed by atoms with Crippen LogP contribution in [-0.4, -0.2) is 46.6 Å². The van der Waals surface area contributed by atoms with Gasteiger partial charge in [-0.3, -0.25) is 9.69 Å². The van der Waals surface area contributed by atoms with Crippen LogP contribution in [-0.2, 0) is 16.1 Å². The van der Waals surface area contributed by atoms with Crippen molar-refractivity contribution >= 4 is 17.6 Å². The minimum atomic E-state index is -0.366. The second kappa shape index (κ2) is 10.2. The van der Waals surface area contributed by atoms with Crippen molar-refractivity contribution in [1.82, 2.24) is 15.0 Å². The lowest BCUT2D eigenvalue weighted by atomic mass is 9.96. The molecule has 3 aromatic rings. The fourth-order valence-corrected chi connectivity index (χ4v) is 3.72. The number of rotatable bonds is 7. The molecule has 1 aliphatic heterocycles. The molecule has 32 heavy (non-hydrogen) atoms. The van der Waals surface area contributed by atoms with Gasteiger partial charge in [-0.15, -0.1) is 0 Å². The number of nitrogens with zero attached hydrogens (tertiary/aromatic N) is 3. The first-order valence-corrected chi connectivity index (χ1v) is 10.8. The third-order valence-electron chi connectivity index (χ3n) is 5.48. The SMILES string of the molecule is CCOC(=O)c1ccc(NC(=O)C2CCN(Cc3nc(-c4ccccc4)no3)CC2)cc1. The van der Waals surface area contributed by atoms with Gasteiger partial charge in [0.25, 0.3) is 0 Å². The minimum absolute atomic E-state index is 0.00214. The lowest BCUT2D eigenvalue weighted by Gasteiger charge is -2.30. The molecule has 0 radical (unpaired) electrons. The molecule has 8 nitrogen and oxygen atoms in total. The summed E-state index contributed by atoms with van der Waals surface area (Å²) >= 11 is 0. The molecule has 1 saturated heterocycles. The number of likely N-dealkylation sites (tertiary alicyclic amines) is 1. The molecule has 0 saturated carbocycles. The lowest BCUT2D eigenvalue weighted by molar-refractivity contribution is -0.121. The summed E-state index contributed by atoms with van der Waals surface area (Å²) in [5.41, 5.74) is 2.06. The average molecular weight is 434 g/mol. The molecular weight excluding hydrogens is 408 g/mol. The molecule has 8 heteroatoms. The molecule has 166 valence electrons. The summed E-state index contributed by atoms with van der Waals surface area (Å²) in [6, 6.07) is 16.5. The summed E-state index contributed by atoms with van der Waals surface area (Å²) in [7, 11) is 0. The average Bonchev–Trinajstić information content (AvgIpc) is 3.29. The normalized spacial score (nSPS) is 14.8. The van der Waals surface area contributed by atoms with Gasteiger partial charge in [0.05, 0.1) is 18.7 Å². The predicted molar refractivity (Wildman–Crippen MR) is 119 cm³/mol. The van der Waals surface area contributed by atoms with Crippen molar-refractivity contribution in [2.24, 2.45) is 5.92 Å². The second-order valence-electron chi connectivity index (χ2n) is 7.72. The van der Waals surface area contributed by atoms with Crippen LogP contribution in [0.1, 0.15) is 36.0 Å². The van der Waals surface area contributed by atoms with E-state index >= 15 is 0 Å². The highest BCUT2D eigenvalue weighted by molar-refractivity contribution is 5.94. The molecule has 0 unspecified atom stereocenters. The first-order valence-electron chi connectivity index (χ1n) is 10.8. The zero-order valence-corrected chi connectivity index (χ0v) is 18.0. The van der Waals surface area contributed by atoms with Crippen LogP contribution < -0.4 is 5.32 Å². The van der Waals surface area contributed by atoms with Crippen LogP contribution in [0.4, 0.5) is 5.69 Å². The van der Waals surface area contributed by atoms with E-state index in [1.165, 1.54) is 0 Å². The molecule has 1 amide bonds. The van der Waals surface area contributed by atoms with E-state index in [0.717, 1.165) is 31.5 Å². The van der Waals surface area contributed by atoms with Crippen molar-refractivity contribution in [3.8, 4) is 11.4 Å². The fourth-order valence-electron chi connectivity index (χ4n) is 3.72. The van der Waals surface area contributed by atoms with E-state index in [1.807, 2.05) is 30.3 Å². The number of anilines is 1. The maximum Gasteiger partial charge on any atom is 0.338 e. The van der Waals surface area contributed by atoms with Gasteiger partial charge in [-0.25, -0.2) is 4.79 Å². The van der Waals surface area contributed by atoms with Crippen molar-refractivity contribution in [1.29, 1.82) is 0 Å². The fraction of sp³-hybridized carbons (Fsp3) is 0.333. The largest absolute Gasteiger partial charge is 0.462 e. The van der Waals surface area contributed by atoms with Gasteiger partial charge in [0, 0.05) is 17.2 Å². The standard InChI is InChI=1S/C24H26N4O4/c1-2-31-24(30)19-8-10-20(11-9-19)25-23(29)18-12-14-28(15-13-18)16-21-26-22(27-32-21)17-6-4-3-5-7-17/h3-11,18H,2,12-16H2,1H3,(H,25,29). The first kappa shape index (κ1) is 21.7. The van der Waals surface area contributed by atoms with E-state index < -0.39 is 0 Å². The Balaban J connectivity index is 1.25. The number of esters is 1. The van der Waals surface area contributed by atoms with Crippen molar-refractivity contribution < 1.29 is 18.8 Å². The summed E-state index contributed by atoms with van der Waals surface area (Å²) in [6.07, 6.45) is 1.51. The third-order valence-corrected chi connectivity index (χ3v) is 5.48. The number of hydrogen-bond donors (Lipinski definition) is 1. The Morgan fingerprint density at radius 2 is 1.81 bits per heavy atom. The van der Waals surface area contributed by atoms with Gasteiger partial charge in [0.1, 0.15) is 0 Å². The van der Waals surface area contributed by atoms with Crippen LogP contribution in [0.25, 0.3) is 11.4 Å². The number of carbonyl (C=O) groups is 2. The molecule has 4 rings (SSSR count). The summed E-state index contributed by atoms with van der Waals surface area (Å²) in [6.45, 7) is 4.23. The van der Waals surface area contributed by atoms with Gasteiger partial charge in [-0.1, -0.05) is 35.5 Å². The number of aromatic nitrogens is 2. The van der Waals surface area contributed by atoms with Gasteiger partial charge in [0.15, 0.2) is 0 Å².